The van der Waals surface area contributed by atoms with Gasteiger partial charge in [-0.1, -0.05) is 23.2 Å². The van der Waals surface area contributed by atoms with Crippen molar-refractivity contribution in [2.45, 2.75) is 6.42 Å². The second kappa shape index (κ2) is 6.09. The molecule has 1 rings (SSSR count). The molecular formula is C9H9Cl3FNO2S. The van der Waals surface area contributed by atoms with Crippen LogP contribution in [0.1, 0.15) is 6.42 Å². The van der Waals surface area contributed by atoms with Crippen molar-refractivity contribution in [1.29, 1.82) is 0 Å². The number of sulfonamides is 1. The first-order valence-corrected chi connectivity index (χ1v) is 7.51. The number of hydrogen-bond donors (Lipinski definition) is 1. The van der Waals surface area contributed by atoms with Crippen LogP contribution in [-0.2, 0) is 10.0 Å². The number of benzene rings is 1. The number of rotatable bonds is 5. The Hall–Kier alpha value is -0.230. The first-order valence-electron chi connectivity index (χ1n) is 4.57. The molecule has 0 amide bonds. The van der Waals surface area contributed by atoms with Gasteiger partial charge in [-0.25, -0.2) is 12.8 Å². The first-order chi connectivity index (χ1) is 7.85. The molecule has 0 aliphatic carbocycles. The van der Waals surface area contributed by atoms with Crippen LogP contribution in [0.3, 0.4) is 0 Å². The van der Waals surface area contributed by atoms with Crippen molar-refractivity contribution < 1.29 is 12.8 Å². The predicted molar refractivity (Wildman–Crippen MR) is 69.2 cm³/mol. The molecule has 0 unspecified atom stereocenters. The highest BCUT2D eigenvalue weighted by Gasteiger charge is 2.13. The molecule has 0 fully saturated rings. The molecule has 96 valence electrons. The van der Waals surface area contributed by atoms with Gasteiger partial charge in [0.15, 0.2) is 5.82 Å². The first kappa shape index (κ1) is 14.8. The monoisotopic (exact) mass is 319 g/mol. The maximum absolute atomic E-state index is 13.1. The second-order valence-electron chi connectivity index (χ2n) is 3.22. The molecular weight excluding hydrogens is 312 g/mol. The van der Waals surface area contributed by atoms with E-state index in [1.165, 1.54) is 0 Å². The normalized spacial score (nSPS) is 11.5. The minimum absolute atomic E-state index is 0.121. The Kier molecular flexibility index (Phi) is 5.31. The highest BCUT2D eigenvalue weighted by molar-refractivity contribution is 7.92. The lowest BCUT2D eigenvalue weighted by molar-refractivity contribution is 0.599. The van der Waals surface area contributed by atoms with Crippen molar-refractivity contribution in [1.82, 2.24) is 0 Å². The summed E-state index contributed by atoms with van der Waals surface area (Å²) in [6.07, 6.45) is 0.319. The Labute approximate surface area is 114 Å². The van der Waals surface area contributed by atoms with Gasteiger partial charge in [0.1, 0.15) is 0 Å². The number of hydrogen-bond acceptors (Lipinski definition) is 2. The van der Waals surface area contributed by atoms with Crippen molar-refractivity contribution in [2.24, 2.45) is 0 Å². The van der Waals surface area contributed by atoms with Gasteiger partial charge in [0.2, 0.25) is 10.0 Å². The van der Waals surface area contributed by atoms with Crippen LogP contribution in [-0.4, -0.2) is 20.1 Å². The van der Waals surface area contributed by atoms with Gasteiger partial charge < -0.3 is 0 Å². The van der Waals surface area contributed by atoms with Crippen molar-refractivity contribution in [2.75, 3.05) is 16.4 Å². The molecule has 17 heavy (non-hydrogen) atoms. The summed E-state index contributed by atoms with van der Waals surface area (Å²) in [7, 11) is -3.52. The van der Waals surface area contributed by atoms with Gasteiger partial charge >= 0.3 is 0 Å². The lowest BCUT2D eigenvalue weighted by Crippen LogP contribution is -2.17. The third-order valence-electron chi connectivity index (χ3n) is 1.80. The topological polar surface area (TPSA) is 46.2 Å². The largest absolute Gasteiger partial charge is 0.283 e. The van der Waals surface area contributed by atoms with Crippen LogP contribution < -0.4 is 4.72 Å². The van der Waals surface area contributed by atoms with E-state index in [1.54, 1.807) is 0 Å². The maximum atomic E-state index is 13.1. The van der Waals surface area contributed by atoms with E-state index in [-0.39, 0.29) is 27.4 Å². The van der Waals surface area contributed by atoms with E-state index in [2.05, 4.69) is 4.72 Å². The molecule has 0 bridgehead atoms. The molecule has 0 aromatic heterocycles. The number of anilines is 1. The maximum Gasteiger partial charge on any atom is 0.232 e. The van der Waals surface area contributed by atoms with Crippen LogP contribution in [0.2, 0.25) is 10.0 Å². The van der Waals surface area contributed by atoms with Gasteiger partial charge in [0.25, 0.3) is 0 Å². The Morgan fingerprint density at radius 3 is 2.24 bits per heavy atom. The molecule has 0 aliphatic rings. The second-order valence-corrected chi connectivity index (χ2v) is 6.25. The smallest absolute Gasteiger partial charge is 0.232 e. The summed E-state index contributed by atoms with van der Waals surface area (Å²) in [5.41, 5.74) is 0.121. The average molecular weight is 321 g/mol. The van der Waals surface area contributed by atoms with Gasteiger partial charge in [-0.15, -0.1) is 11.6 Å². The lowest BCUT2D eigenvalue weighted by Gasteiger charge is -2.08. The summed E-state index contributed by atoms with van der Waals surface area (Å²) in [4.78, 5) is 0. The summed E-state index contributed by atoms with van der Waals surface area (Å²) in [5, 5.41) is -0.486. The van der Waals surface area contributed by atoms with Crippen molar-refractivity contribution in [3.63, 3.8) is 0 Å². The van der Waals surface area contributed by atoms with Crippen LogP contribution in [0, 0.1) is 5.82 Å². The minimum Gasteiger partial charge on any atom is -0.283 e. The predicted octanol–water partition coefficient (Wildman–Crippen LogP) is 3.50. The van der Waals surface area contributed by atoms with E-state index in [4.69, 9.17) is 34.8 Å². The van der Waals surface area contributed by atoms with Crippen molar-refractivity contribution >= 4 is 50.5 Å². The molecule has 0 saturated carbocycles. The van der Waals surface area contributed by atoms with E-state index in [0.29, 0.717) is 6.42 Å². The Morgan fingerprint density at radius 2 is 1.76 bits per heavy atom. The highest BCUT2D eigenvalue weighted by atomic mass is 35.5. The van der Waals surface area contributed by atoms with Gasteiger partial charge in [-0.3, -0.25) is 4.72 Å². The van der Waals surface area contributed by atoms with Crippen LogP contribution in [0.25, 0.3) is 0 Å². The molecule has 0 aliphatic heterocycles. The summed E-state index contributed by atoms with van der Waals surface area (Å²) in [6.45, 7) is 0. The lowest BCUT2D eigenvalue weighted by atomic mass is 10.3. The quantitative estimate of drug-likeness (QED) is 0.666. The molecule has 1 N–H and O–H groups in total. The average Bonchev–Trinajstić information content (AvgIpc) is 2.22. The van der Waals surface area contributed by atoms with E-state index in [0.717, 1.165) is 12.1 Å². The molecule has 8 heteroatoms. The van der Waals surface area contributed by atoms with Crippen molar-refractivity contribution in [3.05, 3.63) is 28.0 Å². The number of nitrogens with one attached hydrogen (secondary N) is 1. The SMILES string of the molecule is O=S(=O)(CCCCl)Nc1cc(Cl)c(F)c(Cl)c1. The Balaban J connectivity index is 2.89. The molecule has 0 saturated heterocycles. The summed E-state index contributed by atoms with van der Waals surface area (Å²) < 4.78 is 38.4. The fourth-order valence-electron chi connectivity index (χ4n) is 1.09. The van der Waals surface area contributed by atoms with Crippen LogP contribution in [0.4, 0.5) is 10.1 Å². The summed E-state index contributed by atoms with van der Waals surface area (Å²) in [5.74, 6) is -0.661. The number of alkyl halides is 1. The van der Waals surface area contributed by atoms with Crippen LogP contribution >= 0.6 is 34.8 Å². The fourth-order valence-corrected chi connectivity index (χ4v) is 2.97. The zero-order valence-corrected chi connectivity index (χ0v) is 11.6. The van der Waals surface area contributed by atoms with Gasteiger partial charge in [-0.05, 0) is 18.6 Å². The van der Waals surface area contributed by atoms with E-state index >= 15 is 0 Å². The van der Waals surface area contributed by atoms with Gasteiger partial charge in [0, 0.05) is 5.88 Å². The zero-order valence-electron chi connectivity index (χ0n) is 8.51. The van der Waals surface area contributed by atoms with Gasteiger partial charge in [0.05, 0.1) is 21.5 Å². The minimum atomic E-state index is -3.52. The van der Waals surface area contributed by atoms with Gasteiger partial charge in [-0.2, -0.15) is 0 Å². The third-order valence-corrected chi connectivity index (χ3v) is 3.99. The molecule has 1 aromatic carbocycles. The molecule has 0 atom stereocenters. The third kappa shape index (κ3) is 4.50. The summed E-state index contributed by atoms with van der Waals surface area (Å²) >= 11 is 16.5. The summed E-state index contributed by atoms with van der Waals surface area (Å²) in [6, 6.07) is 2.31. The zero-order chi connectivity index (χ0) is 13.1. The Morgan fingerprint density at radius 1 is 1.24 bits per heavy atom. The highest BCUT2D eigenvalue weighted by Crippen LogP contribution is 2.27. The fraction of sp³-hybridized carbons (Fsp3) is 0.333. The molecule has 0 heterocycles. The van der Waals surface area contributed by atoms with E-state index < -0.39 is 15.8 Å². The molecule has 1 aromatic rings. The van der Waals surface area contributed by atoms with E-state index in [1.807, 2.05) is 0 Å². The number of halogens is 4. The van der Waals surface area contributed by atoms with Crippen LogP contribution in [0.15, 0.2) is 12.1 Å². The van der Waals surface area contributed by atoms with Crippen LogP contribution in [0.5, 0.6) is 0 Å². The standard InChI is InChI=1S/C9H9Cl3FNO2S/c10-2-1-3-17(15,16)14-6-4-7(11)9(13)8(12)5-6/h4-5,14H,1-3H2. The molecule has 0 radical (unpaired) electrons. The Bertz CT molecular complexity index is 484. The molecule has 0 spiro atoms. The van der Waals surface area contributed by atoms with Crippen molar-refractivity contribution in [3.8, 4) is 0 Å². The van der Waals surface area contributed by atoms with E-state index in [9.17, 15) is 12.8 Å². The molecule has 3 nitrogen and oxygen atoms in total.